The van der Waals surface area contributed by atoms with Crippen molar-refractivity contribution >= 4 is 33.1 Å². The van der Waals surface area contributed by atoms with Gasteiger partial charge >= 0.3 is 0 Å². The minimum atomic E-state index is -0.0544. The second-order valence-electron chi connectivity index (χ2n) is 16.0. The molecule has 0 amide bonds. The zero-order valence-corrected chi connectivity index (χ0v) is 33.4. The topological polar surface area (TPSA) is 38.4 Å². The zero-order chi connectivity index (χ0) is 39.9. The molecule has 282 valence electrons. The van der Waals surface area contributed by atoms with Crippen molar-refractivity contribution < 1.29 is 0 Å². The fraction of sp³-hybridized carbons (Fsp3) is 0.0702. The molecule has 2 nitrogen and oxygen atoms in total. The van der Waals surface area contributed by atoms with E-state index in [4.69, 9.17) is 10.7 Å². The van der Waals surface area contributed by atoms with Crippen LogP contribution in [0.2, 0.25) is 0 Å². The summed E-state index contributed by atoms with van der Waals surface area (Å²) in [5.74, 6) is 0.486. The van der Waals surface area contributed by atoms with Crippen LogP contribution >= 0.6 is 0 Å². The molecule has 10 rings (SSSR count). The summed E-state index contributed by atoms with van der Waals surface area (Å²) in [4.78, 5) is 5.21. The molecular formula is C57H44N2. The molecule has 9 aromatic rings. The van der Waals surface area contributed by atoms with Crippen molar-refractivity contribution in [2.75, 3.05) is 0 Å². The quantitative estimate of drug-likeness (QED) is 0.122. The maximum atomic E-state index is 6.82. The Bertz CT molecular complexity index is 3110. The van der Waals surface area contributed by atoms with Crippen LogP contribution in [0.15, 0.2) is 211 Å². The van der Waals surface area contributed by atoms with Gasteiger partial charge in [0.15, 0.2) is 0 Å². The molecule has 0 atom stereocenters. The van der Waals surface area contributed by atoms with Crippen LogP contribution in [0.25, 0.3) is 71.7 Å². The van der Waals surface area contributed by atoms with Crippen LogP contribution in [-0.4, -0.2) is 5.84 Å². The van der Waals surface area contributed by atoms with Crippen molar-refractivity contribution in [2.24, 2.45) is 10.7 Å². The lowest BCUT2D eigenvalue weighted by Gasteiger charge is -2.21. The van der Waals surface area contributed by atoms with Gasteiger partial charge < -0.3 is 5.73 Å². The molecule has 1 aliphatic carbocycles. The van der Waals surface area contributed by atoms with Crippen molar-refractivity contribution in [3.63, 3.8) is 0 Å². The SMILES string of the molecule is CC1(C)c2ccccc2-c2c(-c3cccc(-c4ccc(/C(=C/Cc5ccccc5-c5cccc6ccccc56)N=C(N)c5ccccc5)c5ccccc45)c3)cccc21. The Hall–Kier alpha value is -7.29. The van der Waals surface area contributed by atoms with Crippen LogP contribution in [0.3, 0.4) is 0 Å². The molecule has 9 aromatic carbocycles. The van der Waals surface area contributed by atoms with Crippen LogP contribution in [0.4, 0.5) is 0 Å². The fourth-order valence-electron chi connectivity index (χ4n) is 9.27. The molecule has 0 fully saturated rings. The van der Waals surface area contributed by atoms with Crippen molar-refractivity contribution in [2.45, 2.75) is 25.7 Å². The van der Waals surface area contributed by atoms with E-state index in [1.54, 1.807) is 0 Å². The summed E-state index contributed by atoms with van der Waals surface area (Å²) in [5.41, 5.74) is 23.5. The first-order valence-corrected chi connectivity index (χ1v) is 20.5. The second kappa shape index (κ2) is 14.9. The molecule has 0 unspecified atom stereocenters. The Kier molecular flexibility index (Phi) is 9.11. The van der Waals surface area contributed by atoms with Crippen molar-refractivity contribution in [3.8, 4) is 44.5 Å². The van der Waals surface area contributed by atoms with Crippen molar-refractivity contribution in [3.05, 3.63) is 234 Å². The molecule has 0 aliphatic heterocycles. The standard InChI is InChI=1S/C57H44N2/c1-57(2)52-31-13-12-28-51(52)55-46(29-16-32-53(55)57)42-23-14-22-41(37-42)45-34-35-50(49-27-11-10-26-48(45)49)54(59-56(58)40-19-4-3-5-20-40)36-33-39-18-7-9-25-44(39)47-30-15-21-38-17-6-8-24-43(38)47/h3-32,34-37H,33H2,1-2H3,(H2,58,59)/b54-36-. The lowest BCUT2D eigenvalue weighted by atomic mass is 9.82. The van der Waals surface area contributed by atoms with E-state index in [-0.39, 0.29) is 5.41 Å². The van der Waals surface area contributed by atoms with Crippen LogP contribution in [0.5, 0.6) is 0 Å². The molecule has 1 aliphatic rings. The molecule has 0 heterocycles. The summed E-state index contributed by atoms with van der Waals surface area (Å²) in [6, 6.07) is 71.8. The average Bonchev–Trinajstić information content (AvgIpc) is 3.53. The highest BCUT2D eigenvalue weighted by molar-refractivity contribution is 6.06. The largest absolute Gasteiger partial charge is 0.383 e. The smallest absolute Gasteiger partial charge is 0.131 e. The minimum absolute atomic E-state index is 0.0544. The molecule has 0 bridgehead atoms. The highest BCUT2D eigenvalue weighted by Gasteiger charge is 2.36. The van der Waals surface area contributed by atoms with Gasteiger partial charge in [0.05, 0.1) is 5.70 Å². The van der Waals surface area contributed by atoms with Gasteiger partial charge in [0.25, 0.3) is 0 Å². The number of fused-ring (bicyclic) bond motifs is 5. The Morgan fingerprint density at radius 2 is 1.08 bits per heavy atom. The molecule has 2 N–H and O–H groups in total. The first-order chi connectivity index (χ1) is 29.0. The number of amidine groups is 1. The number of rotatable bonds is 8. The molecule has 0 saturated carbocycles. The number of nitrogens with zero attached hydrogens (tertiary/aromatic N) is 1. The van der Waals surface area contributed by atoms with Gasteiger partial charge in [-0.25, -0.2) is 4.99 Å². The van der Waals surface area contributed by atoms with Gasteiger partial charge in [-0.15, -0.1) is 0 Å². The first-order valence-electron chi connectivity index (χ1n) is 20.5. The minimum Gasteiger partial charge on any atom is -0.383 e. The molecule has 59 heavy (non-hydrogen) atoms. The van der Waals surface area contributed by atoms with Gasteiger partial charge in [-0.1, -0.05) is 214 Å². The molecular weight excluding hydrogens is 713 g/mol. The van der Waals surface area contributed by atoms with Gasteiger partial charge in [-0.2, -0.15) is 0 Å². The Morgan fingerprint density at radius 1 is 0.492 bits per heavy atom. The van der Waals surface area contributed by atoms with Gasteiger partial charge in [0, 0.05) is 16.5 Å². The summed E-state index contributed by atoms with van der Waals surface area (Å²) in [5, 5.41) is 4.77. The molecule has 0 saturated heterocycles. The normalized spacial score (nSPS) is 13.4. The van der Waals surface area contributed by atoms with Gasteiger partial charge in [-0.3, -0.25) is 0 Å². The fourth-order valence-corrected chi connectivity index (χ4v) is 9.27. The Labute approximate surface area is 346 Å². The van der Waals surface area contributed by atoms with E-state index >= 15 is 0 Å². The van der Waals surface area contributed by atoms with Crippen LogP contribution in [-0.2, 0) is 11.8 Å². The van der Waals surface area contributed by atoms with Crippen molar-refractivity contribution in [1.29, 1.82) is 0 Å². The summed E-state index contributed by atoms with van der Waals surface area (Å²) in [6.45, 7) is 4.69. The first kappa shape index (κ1) is 36.1. The summed E-state index contributed by atoms with van der Waals surface area (Å²) in [7, 11) is 0. The Morgan fingerprint density at radius 3 is 1.93 bits per heavy atom. The van der Waals surface area contributed by atoms with Crippen LogP contribution in [0.1, 0.15) is 41.7 Å². The molecule has 0 radical (unpaired) electrons. The molecule has 2 heteroatoms. The Balaban J connectivity index is 1.09. The van der Waals surface area contributed by atoms with Gasteiger partial charge in [0.2, 0.25) is 0 Å². The molecule has 0 spiro atoms. The van der Waals surface area contributed by atoms with E-state index in [9.17, 15) is 0 Å². The summed E-state index contributed by atoms with van der Waals surface area (Å²) >= 11 is 0. The van der Waals surface area contributed by atoms with Crippen LogP contribution < -0.4 is 5.73 Å². The van der Waals surface area contributed by atoms with Gasteiger partial charge in [-0.05, 0) is 95.2 Å². The average molecular weight is 757 g/mol. The van der Waals surface area contributed by atoms with E-state index in [0.717, 1.165) is 22.2 Å². The number of allylic oxidation sites excluding steroid dienone is 1. The predicted octanol–water partition coefficient (Wildman–Crippen LogP) is 14.3. The van der Waals surface area contributed by atoms with E-state index in [1.165, 1.54) is 77.4 Å². The number of hydrogen-bond acceptors (Lipinski definition) is 1. The van der Waals surface area contributed by atoms with E-state index < -0.39 is 0 Å². The molecule has 0 aromatic heterocycles. The third-order valence-corrected chi connectivity index (χ3v) is 12.2. The number of hydrogen-bond donors (Lipinski definition) is 1. The maximum Gasteiger partial charge on any atom is 0.131 e. The van der Waals surface area contributed by atoms with E-state index in [1.807, 2.05) is 30.3 Å². The van der Waals surface area contributed by atoms with Crippen molar-refractivity contribution in [1.82, 2.24) is 0 Å². The second-order valence-corrected chi connectivity index (χ2v) is 16.0. The third-order valence-electron chi connectivity index (χ3n) is 12.2. The number of aliphatic imine (C=N–C) groups is 1. The third kappa shape index (κ3) is 6.44. The van der Waals surface area contributed by atoms with E-state index in [0.29, 0.717) is 12.3 Å². The summed E-state index contributed by atoms with van der Waals surface area (Å²) in [6.07, 6.45) is 2.93. The van der Waals surface area contributed by atoms with Crippen LogP contribution in [0, 0.1) is 0 Å². The lowest BCUT2D eigenvalue weighted by Crippen LogP contribution is -2.14. The summed E-state index contributed by atoms with van der Waals surface area (Å²) < 4.78 is 0. The van der Waals surface area contributed by atoms with Gasteiger partial charge in [0.1, 0.15) is 5.84 Å². The van der Waals surface area contributed by atoms with E-state index in [2.05, 4.69) is 190 Å². The highest BCUT2D eigenvalue weighted by atomic mass is 14.9. The number of nitrogens with two attached hydrogens (primary N) is 1. The monoisotopic (exact) mass is 756 g/mol. The maximum absolute atomic E-state index is 6.82. The lowest BCUT2D eigenvalue weighted by molar-refractivity contribution is 0.660. The highest BCUT2D eigenvalue weighted by Crippen LogP contribution is 2.52. The number of benzene rings is 9. The zero-order valence-electron chi connectivity index (χ0n) is 33.4. The predicted molar refractivity (Wildman–Crippen MR) is 251 cm³/mol.